The fraction of sp³-hybridized carbons (Fsp3) is 0.133. The van der Waals surface area contributed by atoms with Crippen molar-refractivity contribution in [3.05, 3.63) is 95.1 Å². The number of nitrogens with zero attached hydrogens (tertiary/aromatic N) is 2. The highest BCUT2D eigenvalue weighted by atomic mass is 16.2. The molecular formula is C30H26N4O4. The standard InChI is InChI=1S/C30H26N4O4/c1-33(19-21-3-11-25(31)12-4-21)29(37)17-15-27(35)23-7-9-24(10-8-23)28(36)16-18-30(38)34(2)20-22-5-13-26(32)14-6-22/h3-14H,19-20,31-32H2,1-2H3. The van der Waals surface area contributed by atoms with Gasteiger partial charge in [0.15, 0.2) is 0 Å². The SMILES string of the molecule is CN(Cc1ccc(N)cc1)C(=O)C#CC(=O)c1ccc(C(=O)C#CC(=O)N(C)Cc2ccc(N)cc2)cc1. The molecule has 0 aliphatic rings. The van der Waals surface area contributed by atoms with Gasteiger partial charge in [0.2, 0.25) is 11.6 Å². The predicted octanol–water partition coefficient (Wildman–Crippen LogP) is 2.54. The smallest absolute Gasteiger partial charge is 0.298 e. The summed E-state index contributed by atoms with van der Waals surface area (Å²) in [7, 11) is 3.17. The lowest BCUT2D eigenvalue weighted by atomic mass is 10.1. The molecule has 3 rings (SSSR count). The second-order valence-electron chi connectivity index (χ2n) is 8.54. The highest BCUT2D eigenvalue weighted by molar-refractivity contribution is 6.14. The summed E-state index contributed by atoms with van der Waals surface area (Å²) in [5, 5.41) is 0. The van der Waals surface area contributed by atoms with E-state index in [0.29, 0.717) is 24.5 Å². The van der Waals surface area contributed by atoms with Crippen LogP contribution in [0.5, 0.6) is 0 Å². The van der Waals surface area contributed by atoms with Crippen LogP contribution in [-0.4, -0.2) is 47.3 Å². The number of Topliss-reactive ketones (excluding diaryl/α,β-unsaturated/α-hetero) is 2. The van der Waals surface area contributed by atoms with E-state index in [1.165, 1.54) is 34.1 Å². The van der Waals surface area contributed by atoms with Gasteiger partial charge in [-0.25, -0.2) is 0 Å². The molecular weight excluding hydrogens is 480 g/mol. The summed E-state index contributed by atoms with van der Waals surface area (Å²) in [6.45, 7) is 0.638. The Kier molecular flexibility index (Phi) is 9.01. The minimum absolute atomic E-state index is 0.218. The van der Waals surface area contributed by atoms with Crippen molar-refractivity contribution in [2.45, 2.75) is 13.1 Å². The predicted molar refractivity (Wildman–Crippen MR) is 145 cm³/mol. The molecule has 0 radical (unpaired) electrons. The van der Waals surface area contributed by atoms with Gasteiger partial charge in [0, 0.05) is 61.5 Å². The van der Waals surface area contributed by atoms with E-state index in [-0.39, 0.29) is 11.1 Å². The number of hydrogen-bond donors (Lipinski definition) is 2. The molecule has 2 amide bonds. The molecule has 8 nitrogen and oxygen atoms in total. The van der Waals surface area contributed by atoms with Gasteiger partial charge in [-0.05, 0) is 71.5 Å². The number of nitrogens with two attached hydrogens (primary N) is 2. The third-order valence-corrected chi connectivity index (χ3v) is 5.47. The first-order chi connectivity index (χ1) is 18.1. The van der Waals surface area contributed by atoms with Crippen molar-refractivity contribution < 1.29 is 19.2 Å². The maximum absolute atomic E-state index is 12.4. The van der Waals surface area contributed by atoms with Crippen LogP contribution < -0.4 is 11.5 Å². The maximum Gasteiger partial charge on any atom is 0.298 e. The van der Waals surface area contributed by atoms with E-state index in [2.05, 4.69) is 23.7 Å². The molecule has 0 saturated heterocycles. The number of carbonyl (C=O) groups is 4. The number of ketones is 2. The molecule has 0 unspecified atom stereocenters. The highest BCUT2D eigenvalue weighted by Crippen LogP contribution is 2.09. The minimum atomic E-state index is -0.566. The second kappa shape index (κ2) is 12.6. The van der Waals surface area contributed by atoms with Gasteiger partial charge in [-0.2, -0.15) is 0 Å². The number of amides is 2. The van der Waals surface area contributed by atoms with Crippen LogP contribution in [0.1, 0.15) is 31.8 Å². The van der Waals surface area contributed by atoms with E-state index in [1.807, 2.05) is 0 Å². The maximum atomic E-state index is 12.4. The van der Waals surface area contributed by atoms with Gasteiger partial charge in [-0.15, -0.1) is 0 Å². The Labute approximate surface area is 221 Å². The molecule has 190 valence electrons. The van der Waals surface area contributed by atoms with E-state index in [9.17, 15) is 19.2 Å². The monoisotopic (exact) mass is 506 g/mol. The average Bonchev–Trinajstić information content (AvgIpc) is 2.92. The lowest BCUT2D eigenvalue weighted by Gasteiger charge is -2.13. The molecule has 0 aliphatic carbocycles. The Morgan fingerprint density at radius 2 is 0.868 bits per heavy atom. The van der Waals surface area contributed by atoms with Gasteiger partial charge >= 0.3 is 0 Å². The first kappa shape index (κ1) is 27.3. The van der Waals surface area contributed by atoms with Gasteiger partial charge in [0.05, 0.1) is 0 Å². The van der Waals surface area contributed by atoms with Crippen molar-refractivity contribution in [1.82, 2.24) is 9.80 Å². The first-order valence-electron chi connectivity index (χ1n) is 11.5. The third-order valence-electron chi connectivity index (χ3n) is 5.47. The molecule has 0 fully saturated rings. The molecule has 0 saturated carbocycles. The number of anilines is 2. The van der Waals surface area contributed by atoms with Crippen molar-refractivity contribution >= 4 is 34.8 Å². The zero-order chi connectivity index (χ0) is 27.7. The van der Waals surface area contributed by atoms with Gasteiger partial charge in [0.1, 0.15) is 0 Å². The molecule has 8 heteroatoms. The Morgan fingerprint density at radius 3 is 1.18 bits per heavy atom. The summed E-state index contributed by atoms with van der Waals surface area (Å²) in [5.41, 5.74) is 14.8. The lowest BCUT2D eigenvalue weighted by Crippen LogP contribution is -2.24. The fourth-order valence-electron chi connectivity index (χ4n) is 3.27. The van der Waals surface area contributed by atoms with E-state index in [4.69, 9.17) is 11.5 Å². The normalized spacial score (nSPS) is 9.74. The molecule has 38 heavy (non-hydrogen) atoms. The lowest BCUT2D eigenvalue weighted by molar-refractivity contribution is -0.125. The number of benzene rings is 3. The van der Waals surface area contributed by atoms with Gasteiger partial charge < -0.3 is 21.3 Å². The molecule has 3 aromatic rings. The zero-order valence-electron chi connectivity index (χ0n) is 21.0. The second-order valence-corrected chi connectivity index (χ2v) is 8.54. The summed E-state index contributed by atoms with van der Waals surface area (Å²) >= 11 is 0. The van der Waals surface area contributed by atoms with Crippen molar-refractivity contribution in [1.29, 1.82) is 0 Å². The van der Waals surface area contributed by atoms with Crippen molar-refractivity contribution in [3.63, 3.8) is 0 Å². The van der Waals surface area contributed by atoms with Gasteiger partial charge in [0.25, 0.3) is 11.8 Å². The number of nitrogen functional groups attached to an aromatic ring is 2. The Bertz CT molecular complexity index is 1360. The van der Waals surface area contributed by atoms with Crippen molar-refractivity contribution in [2.24, 2.45) is 0 Å². The molecule has 0 aromatic heterocycles. The molecule has 0 heterocycles. The Hall–Kier alpha value is -5.34. The highest BCUT2D eigenvalue weighted by Gasteiger charge is 2.10. The number of carbonyl (C=O) groups excluding carboxylic acids is 4. The van der Waals surface area contributed by atoms with Crippen LogP contribution in [0, 0.1) is 23.7 Å². The summed E-state index contributed by atoms with van der Waals surface area (Å²) in [6, 6.07) is 19.9. The summed E-state index contributed by atoms with van der Waals surface area (Å²) in [6.07, 6.45) is 0. The summed E-state index contributed by atoms with van der Waals surface area (Å²) in [5.74, 6) is 7.18. The van der Waals surface area contributed by atoms with Crippen LogP contribution in [0.15, 0.2) is 72.8 Å². The van der Waals surface area contributed by atoms with Crippen LogP contribution in [0.25, 0.3) is 0 Å². The van der Waals surface area contributed by atoms with E-state index < -0.39 is 23.4 Å². The zero-order valence-corrected chi connectivity index (χ0v) is 21.0. The van der Waals surface area contributed by atoms with Gasteiger partial charge in [-0.1, -0.05) is 24.3 Å². The third kappa shape index (κ3) is 7.84. The molecule has 0 bridgehead atoms. The van der Waals surface area contributed by atoms with Crippen LogP contribution >= 0.6 is 0 Å². The molecule has 0 atom stereocenters. The van der Waals surface area contributed by atoms with Crippen LogP contribution in [0.4, 0.5) is 11.4 Å². The summed E-state index contributed by atoms with van der Waals surface area (Å²) < 4.78 is 0. The molecule has 0 spiro atoms. The van der Waals surface area contributed by atoms with E-state index >= 15 is 0 Å². The van der Waals surface area contributed by atoms with Crippen LogP contribution in [0.3, 0.4) is 0 Å². The van der Waals surface area contributed by atoms with Gasteiger partial charge in [-0.3, -0.25) is 19.2 Å². The summed E-state index contributed by atoms with van der Waals surface area (Å²) in [4.78, 5) is 52.1. The Balaban J connectivity index is 1.55. The van der Waals surface area contributed by atoms with Crippen LogP contribution in [-0.2, 0) is 22.7 Å². The van der Waals surface area contributed by atoms with Crippen molar-refractivity contribution in [2.75, 3.05) is 25.6 Å². The quantitative estimate of drug-likeness (QED) is 0.229. The average molecular weight is 507 g/mol. The van der Waals surface area contributed by atoms with E-state index in [0.717, 1.165) is 11.1 Å². The topological polar surface area (TPSA) is 127 Å². The number of hydrogen-bond acceptors (Lipinski definition) is 6. The first-order valence-corrected chi connectivity index (χ1v) is 11.5. The van der Waals surface area contributed by atoms with Crippen LogP contribution in [0.2, 0.25) is 0 Å². The molecule has 0 aliphatic heterocycles. The Morgan fingerprint density at radius 1 is 0.553 bits per heavy atom. The van der Waals surface area contributed by atoms with Crippen molar-refractivity contribution in [3.8, 4) is 23.7 Å². The minimum Gasteiger partial charge on any atom is -0.399 e. The number of rotatable bonds is 6. The fourth-order valence-corrected chi connectivity index (χ4v) is 3.27. The van der Waals surface area contributed by atoms with E-state index in [1.54, 1.807) is 62.6 Å². The molecule has 4 N–H and O–H groups in total. The largest absolute Gasteiger partial charge is 0.399 e. The molecule has 3 aromatic carbocycles.